The molecule has 4 aliphatic rings. The zero-order chi connectivity index (χ0) is 21.3. The fourth-order valence-corrected chi connectivity index (χ4v) is 7.71. The second kappa shape index (κ2) is 6.64. The molecule has 0 aromatic carbocycles. The van der Waals surface area contributed by atoms with Crippen molar-refractivity contribution in [2.24, 2.45) is 29.1 Å². The van der Waals surface area contributed by atoms with Crippen LogP contribution in [0, 0.1) is 29.1 Å². The van der Waals surface area contributed by atoms with E-state index in [1.165, 1.54) is 12.8 Å². The van der Waals surface area contributed by atoms with Crippen LogP contribution >= 0.6 is 0 Å². The van der Waals surface area contributed by atoms with Crippen LogP contribution in [0.1, 0.15) is 65.4 Å². The number of pyridine rings is 1. The van der Waals surface area contributed by atoms with Crippen molar-refractivity contribution in [3.05, 3.63) is 36.2 Å². The number of cyclic esters (lactones) is 1. The molecular weight excluding hydrogens is 378 g/mol. The Kier molecular flexibility index (Phi) is 4.47. The highest BCUT2D eigenvalue weighted by Crippen LogP contribution is 2.64. The van der Waals surface area contributed by atoms with Crippen LogP contribution in [0.25, 0.3) is 5.76 Å². The van der Waals surface area contributed by atoms with Gasteiger partial charge in [-0.15, -0.1) is 0 Å². The second-order valence-electron chi connectivity index (χ2n) is 10.7. The van der Waals surface area contributed by atoms with Gasteiger partial charge in [-0.3, -0.25) is 9.78 Å². The van der Waals surface area contributed by atoms with Gasteiger partial charge in [-0.1, -0.05) is 26.7 Å². The Bertz CT molecular complexity index is 884. The maximum atomic E-state index is 13.2. The van der Waals surface area contributed by atoms with Crippen molar-refractivity contribution in [2.45, 2.75) is 77.1 Å². The molecule has 1 aromatic heterocycles. The van der Waals surface area contributed by atoms with Gasteiger partial charge in [0.25, 0.3) is 0 Å². The van der Waals surface area contributed by atoms with Crippen LogP contribution < -0.4 is 0 Å². The summed E-state index contributed by atoms with van der Waals surface area (Å²) < 4.78 is 12.6. The number of hydrogen-bond donors (Lipinski definition) is 1. The maximum Gasteiger partial charge on any atom is 0.320 e. The van der Waals surface area contributed by atoms with Crippen molar-refractivity contribution in [1.29, 1.82) is 0 Å². The van der Waals surface area contributed by atoms with Gasteiger partial charge in [0.05, 0.1) is 11.7 Å². The van der Waals surface area contributed by atoms with E-state index in [0.29, 0.717) is 17.6 Å². The summed E-state index contributed by atoms with van der Waals surface area (Å²) in [5, 5.41) is 11.7. The Morgan fingerprint density at radius 3 is 2.73 bits per heavy atom. The van der Waals surface area contributed by atoms with Crippen LogP contribution in [0.4, 0.5) is 0 Å². The van der Waals surface area contributed by atoms with E-state index in [9.17, 15) is 9.90 Å². The minimum atomic E-state index is -0.908. The molecule has 2 saturated carbocycles. The van der Waals surface area contributed by atoms with E-state index in [2.05, 4.69) is 25.8 Å². The molecule has 0 radical (unpaired) electrons. The zero-order valence-electron chi connectivity index (χ0n) is 18.4. The molecule has 3 heterocycles. The van der Waals surface area contributed by atoms with E-state index < -0.39 is 29.2 Å². The molecule has 1 saturated heterocycles. The van der Waals surface area contributed by atoms with Gasteiger partial charge in [-0.25, -0.2) is 0 Å². The minimum Gasteiger partial charge on any atom is -0.426 e. The fraction of sp³-hybridized carbons (Fsp3) is 0.680. The molecule has 30 heavy (non-hydrogen) atoms. The first-order valence-corrected chi connectivity index (χ1v) is 11.4. The first-order valence-electron chi connectivity index (χ1n) is 11.4. The molecule has 2 aliphatic carbocycles. The minimum absolute atomic E-state index is 0.0287. The number of ether oxygens (including phenoxy) is 2. The molecule has 3 fully saturated rings. The smallest absolute Gasteiger partial charge is 0.320 e. The predicted molar refractivity (Wildman–Crippen MR) is 113 cm³/mol. The highest BCUT2D eigenvalue weighted by molar-refractivity contribution is 5.85. The number of aliphatic hydroxyl groups excluding tert-OH is 1. The molecule has 1 aromatic rings. The van der Waals surface area contributed by atoms with E-state index in [4.69, 9.17) is 9.47 Å². The van der Waals surface area contributed by atoms with E-state index in [1.54, 1.807) is 12.4 Å². The average molecular weight is 412 g/mol. The Labute approximate surface area is 178 Å². The maximum absolute atomic E-state index is 13.2. The summed E-state index contributed by atoms with van der Waals surface area (Å²) in [5.74, 6) is 0.474. The van der Waals surface area contributed by atoms with Crippen molar-refractivity contribution < 1.29 is 19.4 Å². The van der Waals surface area contributed by atoms with Gasteiger partial charge < -0.3 is 14.6 Å². The number of aromatic nitrogens is 1. The Morgan fingerprint density at radius 2 is 2.00 bits per heavy atom. The van der Waals surface area contributed by atoms with Crippen LogP contribution in [0.5, 0.6) is 0 Å². The second-order valence-corrected chi connectivity index (χ2v) is 10.7. The van der Waals surface area contributed by atoms with E-state index in [1.807, 2.05) is 25.1 Å². The quantitative estimate of drug-likeness (QED) is 0.696. The largest absolute Gasteiger partial charge is 0.426 e. The van der Waals surface area contributed by atoms with E-state index in [0.717, 1.165) is 24.8 Å². The highest BCUT2D eigenvalue weighted by Gasteiger charge is 2.67. The lowest BCUT2D eigenvalue weighted by molar-refractivity contribution is -0.300. The van der Waals surface area contributed by atoms with Crippen LogP contribution in [0.15, 0.2) is 30.6 Å². The number of carbonyl (C=O) groups excluding carboxylic acids is 1. The summed E-state index contributed by atoms with van der Waals surface area (Å²) in [6.07, 6.45) is 10.0. The number of hydrogen-bond acceptors (Lipinski definition) is 5. The van der Waals surface area contributed by atoms with Crippen molar-refractivity contribution in [1.82, 2.24) is 4.98 Å². The first-order chi connectivity index (χ1) is 14.2. The SMILES string of the molecule is C[C@H]1CCC[C@@]2(C)C1CC[C@@]1(C)O[C@@]3(C)C=C(c4cccnc4)OC(=O)C3[C@H](O)C21. The molecule has 0 bridgehead atoms. The van der Waals surface area contributed by atoms with Crippen molar-refractivity contribution in [3.63, 3.8) is 0 Å². The Balaban J connectivity index is 1.57. The number of rotatable bonds is 1. The summed E-state index contributed by atoms with van der Waals surface area (Å²) in [4.78, 5) is 17.4. The molecule has 0 spiro atoms. The van der Waals surface area contributed by atoms with Gasteiger partial charge in [0.2, 0.25) is 0 Å². The predicted octanol–water partition coefficient (Wildman–Crippen LogP) is 4.36. The highest BCUT2D eigenvalue weighted by atomic mass is 16.6. The van der Waals surface area contributed by atoms with Crippen molar-refractivity contribution >= 4 is 11.7 Å². The van der Waals surface area contributed by atoms with E-state index in [-0.39, 0.29) is 11.3 Å². The van der Waals surface area contributed by atoms with Gasteiger partial charge in [0.15, 0.2) is 0 Å². The number of esters is 1. The molecule has 5 heteroatoms. The Morgan fingerprint density at radius 1 is 1.20 bits per heavy atom. The molecule has 5 rings (SSSR count). The number of carbonyl (C=O) groups is 1. The molecule has 2 aliphatic heterocycles. The lowest BCUT2D eigenvalue weighted by Crippen LogP contribution is -2.71. The summed E-state index contributed by atoms with van der Waals surface area (Å²) in [6.45, 7) is 8.76. The topological polar surface area (TPSA) is 68.7 Å². The normalized spacial score (nSPS) is 48.0. The molecule has 0 amide bonds. The molecular formula is C25H33NO4. The summed E-state index contributed by atoms with van der Waals surface area (Å²) in [5.41, 5.74) is -0.665. The van der Waals surface area contributed by atoms with Gasteiger partial charge in [0, 0.05) is 23.9 Å². The van der Waals surface area contributed by atoms with Crippen LogP contribution in [0.3, 0.4) is 0 Å². The van der Waals surface area contributed by atoms with Gasteiger partial charge in [-0.05, 0) is 68.6 Å². The fourth-order valence-electron chi connectivity index (χ4n) is 7.71. The van der Waals surface area contributed by atoms with E-state index >= 15 is 0 Å². The molecule has 8 atom stereocenters. The number of nitrogens with zero attached hydrogens (tertiary/aromatic N) is 1. The molecule has 5 nitrogen and oxygen atoms in total. The van der Waals surface area contributed by atoms with Crippen molar-refractivity contribution in [3.8, 4) is 0 Å². The van der Waals surface area contributed by atoms with Crippen LogP contribution in [-0.4, -0.2) is 33.4 Å². The number of aliphatic hydroxyl groups is 1. The number of fused-ring (bicyclic) bond motifs is 4. The van der Waals surface area contributed by atoms with Gasteiger partial charge >= 0.3 is 5.97 Å². The monoisotopic (exact) mass is 411 g/mol. The molecule has 3 unspecified atom stereocenters. The zero-order valence-corrected chi connectivity index (χ0v) is 18.4. The van der Waals surface area contributed by atoms with Crippen LogP contribution in [0.2, 0.25) is 0 Å². The molecule has 1 N–H and O–H groups in total. The summed E-state index contributed by atoms with van der Waals surface area (Å²) >= 11 is 0. The Hall–Kier alpha value is -1.72. The lowest BCUT2D eigenvalue weighted by atomic mass is 9.46. The standard InChI is InChI=1S/C25H33NO4/c1-15-7-5-10-23(2)17(15)9-11-24(3)21(23)20(27)19-22(28)29-18(13-25(19,4)30-24)16-8-6-12-26-14-16/h6,8,12-15,17,19-21,27H,5,7,9-11H2,1-4H3/t15-,17?,19?,20-,21?,23-,24+,25-/m0/s1. The third-order valence-corrected chi connectivity index (χ3v) is 8.81. The van der Waals surface area contributed by atoms with Crippen LogP contribution in [-0.2, 0) is 14.3 Å². The average Bonchev–Trinajstić information content (AvgIpc) is 2.66. The summed E-state index contributed by atoms with van der Waals surface area (Å²) in [7, 11) is 0. The van der Waals surface area contributed by atoms with Gasteiger partial charge in [-0.2, -0.15) is 0 Å². The summed E-state index contributed by atoms with van der Waals surface area (Å²) in [6, 6.07) is 3.69. The van der Waals surface area contributed by atoms with Gasteiger partial charge in [0.1, 0.15) is 17.3 Å². The molecule has 162 valence electrons. The third kappa shape index (κ3) is 2.74. The lowest BCUT2D eigenvalue weighted by Gasteiger charge is -2.66. The first kappa shape index (κ1) is 20.2. The third-order valence-electron chi connectivity index (χ3n) is 8.81. The van der Waals surface area contributed by atoms with Crippen molar-refractivity contribution in [2.75, 3.05) is 0 Å².